The molecule has 0 saturated carbocycles. The summed E-state index contributed by atoms with van der Waals surface area (Å²) in [6.07, 6.45) is 1.79. The number of nitrogens with one attached hydrogen (secondary N) is 1. The van der Waals surface area contributed by atoms with Gasteiger partial charge in [-0.1, -0.05) is 23.2 Å². The first-order chi connectivity index (χ1) is 10.4. The molecular weight excluding hydrogens is 365 g/mol. The first-order valence-corrected chi connectivity index (χ1v) is 9.53. The number of rotatable bonds is 5. The average molecular weight is 378 g/mol. The summed E-state index contributed by atoms with van der Waals surface area (Å²) >= 11 is 13.2. The van der Waals surface area contributed by atoms with Crippen LogP contribution < -0.4 is 9.46 Å². The van der Waals surface area contributed by atoms with E-state index in [2.05, 4.69) is 4.72 Å². The lowest BCUT2D eigenvalue weighted by Gasteiger charge is -2.14. The predicted octanol–water partition coefficient (Wildman–Crippen LogP) is 4.52. The lowest BCUT2D eigenvalue weighted by Crippen LogP contribution is -2.14. The smallest absolute Gasteiger partial charge is 0.263 e. The van der Waals surface area contributed by atoms with Crippen molar-refractivity contribution < 1.29 is 13.2 Å². The Kier molecular flexibility index (Phi) is 5.50. The first-order valence-electron chi connectivity index (χ1n) is 6.07. The van der Waals surface area contributed by atoms with Gasteiger partial charge in [0.05, 0.1) is 12.8 Å². The van der Waals surface area contributed by atoms with Crippen molar-refractivity contribution in [3.8, 4) is 5.75 Å². The van der Waals surface area contributed by atoms with Crippen molar-refractivity contribution in [3.05, 3.63) is 46.4 Å². The van der Waals surface area contributed by atoms with Crippen molar-refractivity contribution in [2.75, 3.05) is 18.1 Å². The summed E-state index contributed by atoms with van der Waals surface area (Å²) in [5.41, 5.74) is 0.266. The molecular formula is C14H13Cl2NO3S2. The van der Waals surface area contributed by atoms with Gasteiger partial charge < -0.3 is 4.74 Å². The Hall–Kier alpha value is -1.08. The van der Waals surface area contributed by atoms with E-state index in [1.165, 1.54) is 31.0 Å². The van der Waals surface area contributed by atoms with Crippen molar-refractivity contribution in [2.45, 2.75) is 9.79 Å². The summed E-state index contributed by atoms with van der Waals surface area (Å²) in [6, 6.07) is 9.41. The number of methoxy groups -OCH3 is 1. The molecule has 0 aromatic heterocycles. The van der Waals surface area contributed by atoms with E-state index < -0.39 is 10.0 Å². The molecule has 2 aromatic rings. The van der Waals surface area contributed by atoms with Crippen LogP contribution in [0.4, 0.5) is 5.69 Å². The minimum absolute atomic E-state index is 0.106. The number of benzene rings is 2. The molecule has 0 saturated heterocycles. The molecule has 22 heavy (non-hydrogen) atoms. The van der Waals surface area contributed by atoms with E-state index in [0.717, 1.165) is 0 Å². The summed E-state index contributed by atoms with van der Waals surface area (Å²) in [5.74, 6) is 0.376. The highest BCUT2D eigenvalue weighted by atomic mass is 35.5. The van der Waals surface area contributed by atoms with E-state index in [4.69, 9.17) is 27.9 Å². The monoisotopic (exact) mass is 377 g/mol. The molecule has 0 unspecified atom stereocenters. The molecule has 0 bridgehead atoms. The summed E-state index contributed by atoms with van der Waals surface area (Å²) < 4.78 is 32.9. The number of sulfonamides is 1. The minimum Gasteiger partial charge on any atom is -0.495 e. The van der Waals surface area contributed by atoms with Crippen molar-refractivity contribution >= 4 is 50.7 Å². The molecule has 0 atom stereocenters. The van der Waals surface area contributed by atoms with Gasteiger partial charge in [0.1, 0.15) is 10.6 Å². The van der Waals surface area contributed by atoms with Crippen LogP contribution in [0.2, 0.25) is 10.0 Å². The van der Waals surface area contributed by atoms with Crippen LogP contribution in [0.3, 0.4) is 0 Å². The zero-order valence-electron chi connectivity index (χ0n) is 11.8. The Bertz CT molecular complexity index is 795. The van der Waals surface area contributed by atoms with Gasteiger partial charge in [0.25, 0.3) is 10.0 Å². The predicted molar refractivity (Wildman–Crippen MR) is 92.0 cm³/mol. The largest absolute Gasteiger partial charge is 0.495 e. The summed E-state index contributed by atoms with van der Waals surface area (Å²) in [7, 11) is -2.37. The summed E-state index contributed by atoms with van der Waals surface area (Å²) in [4.78, 5) is 0.701. The van der Waals surface area contributed by atoms with Gasteiger partial charge in [-0.3, -0.25) is 4.72 Å². The van der Waals surface area contributed by atoms with Crippen molar-refractivity contribution in [2.24, 2.45) is 0 Å². The molecule has 0 aliphatic carbocycles. The van der Waals surface area contributed by atoms with Crippen LogP contribution >= 0.6 is 35.0 Å². The third kappa shape index (κ3) is 3.81. The maximum absolute atomic E-state index is 12.6. The molecule has 8 heteroatoms. The van der Waals surface area contributed by atoms with Gasteiger partial charge in [0, 0.05) is 14.9 Å². The lowest BCUT2D eigenvalue weighted by molar-refractivity contribution is 0.417. The molecule has 0 radical (unpaired) electrons. The normalized spacial score (nSPS) is 11.3. The second-order valence-electron chi connectivity index (χ2n) is 4.25. The molecule has 0 aliphatic heterocycles. The lowest BCUT2D eigenvalue weighted by atomic mass is 10.3. The van der Waals surface area contributed by atoms with Gasteiger partial charge in [-0.25, -0.2) is 8.42 Å². The third-order valence-electron chi connectivity index (χ3n) is 2.82. The number of halogens is 2. The quantitative estimate of drug-likeness (QED) is 0.777. The van der Waals surface area contributed by atoms with E-state index in [1.807, 2.05) is 0 Å². The molecule has 2 aromatic carbocycles. The van der Waals surface area contributed by atoms with Crippen molar-refractivity contribution in [3.63, 3.8) is 0 Å². The average Bonchev–Trinajstić information content (AvgIpc) is 2.47. The second-order valence-corrected chi connectivity index (χ2v) is 7.62. The SMILES string of the molecule is COc1ccc(Cl)cc1NS(=O)(=O)c1cc(Cl)ccc1SC. The maximum Gasteiger partial charge on any atom is 0.263 e. The molecule has 0 amide bonds. The van der Waals surface area contributed by atoms with Crippen LogP contribution in [0.15, 0.2) is 46.2 Å². The van der Waals surface area contributed by atoms with E-state index in [-0.39, 0.29) is 10.6 Å². The molecule has 0 heterocycles. The summed E-state index contributed by atoms with van der Waals surface area (Å²) in [5, 5.41) is 0.742. The molecule has 0 aliphatic rings. The molecule has 0 spiro atoms. The fourth-order valence-electron chi connectivity index (χ4n) is 1.82. The Morgan fingerprint density at radius 3 is 2.36 bits per heavy atom. The number of ether oxygens (including phenoxy) is 1. The molecule has 1 N–H and O–H groups in total. The second kappa shape index (κ2) is 7.00. The molecule has 118 valence electrons. The van der Waals surface area contributed by atoms with Gasteiger partial charge in [-0.15, -0.1) is 11.8 Å². The molecule has 0 fully saturated rings. The Morgan fingerprint density at radius 1 is 1.09 bits per heavy atom. The van der Waals surface area contributed by atoms with Crippen molar-refractivity contribution in [1.29, 1.82) is 0 Å². The number of anilines is 1. The first kappa shape index (κ1) is 17.3. The highest BCUT2D eigenvalue weighted by Crippen LogP contribution is 2.33. The van der Waals surface area contributed by atoms with Gasteiger partial charge in [-0.05, 0) is 42.7 Å². The fourth-order valence-corrected chi connectivity index (χ4v) is 4.45. The Morgan fingerprint density at radius 2 is 1.73 bits per heavy atom. The van der Waals surface area contributed by atoms with Crippen LogP contribution in [0.1, 0.15) is 0 Å². The van der Waals surface area contributed by atoms with Gasteiger partial charge in [0.15, 0.2) is 0 Å². The van der Waals surface area contributed by atoms with Crippen LogP contribution in [-0.4, -0.2) is 21.8 Å². The topological polar surface area (TPSA) is 55.4 Å². The van der Waals surface area contributed by atoms with Gasteiger partial charge in [-0.2, -0.15) is 0 Å². The van der Waals surface area contributed by atoms with Gasteiger partial charge in [0.2, 0.25) is 0 Å². The molecule has 2 rings (SSSR count). The Labute approximate surface area is 143 Å². The van der Waals surface area contributed by atoms with E-state index in [0.29, 0.717) is 20.7 Å². The highest BCUT2D eigenvalue weighted by molar-refractivity contribution is 7.99. The summed E-state index contributed by atoms with van der Waals surface area (Å²) in [6.45, 7) is 0. The minimum atomic E-state index is -3.82. The molecule has 4 nitrogen and oxygen atoms in total. The van der Waals surface area contributed by atoms with Crippen molar-refractivity contribution in [1.82, 2.24) is 0 Å². The third-order valence-corrected chi connectivity index (χ3v) is 5.62. The van der Waals surface area contributed by atoms with Gasteiger partial charge >= 0.3 is 0 Å². The fraction of sp³-hybridized carbons (Fsp3) is 0.143. The van der Waals surface area contributed by atoms with E-state index in [1.54, 1.807) is 30.5 Å². The van der Waals surface area contributed by atoms with Crippen LogP contribution in [0.5, 0.6) is 5.75 Å². The van der Waals surface area contributed by atoms with E-state index in [9.17, 15) is 8.42 Å². The zero-order valence-corrected chi connectivity index (χ0v) is 14.9. The van der Waals surface area contributed by atoms with Crippen LogP contribution in [0, 0.1) is 0 Å². The highest BCUT2D eigenvalue weighted by Gasteiger charge is 2.21. The van der Waals surface area contributed by atoms with Crippen LogP contribution in [0.25, 0.3) is 0 Å². The van der Waals surface area contributed by atoms with E-state index >= 15 is 0 Å². The maximum atomic E-state index is 12.6. The van der Waals surface area contributed by atoms with Crippen LogP contribution in [-0.2, 0) is 10.0 Å². The standard InChI is InChI=1S/C14H13Cl2NO3S2/c1-20-12-5-3-9(15)7-11(12)17-22(18,19)14-8-10(16)4-6-13(14)21-2/h3-8,17H,1-2H3. The Balaban J connectivity index is 2.49. The number of hydrogen-bond acceptors (Lipinski definition) is 4. The zero-order chi connectivity index (χ0) is 16.3. The number of thioether (sulfide) groups is 1. The number of hydrogen-bond donors (Lipinski definition) is 1.